The molecule has 2 saturated heterocycles. The van der Waals surface area contributed by atoms with Crippen molar-refractivity contribution in [3.63, 3.8) is 0 Å². The first-order valence-electron chi connectivity index (χ1n) is 7.37. The quantitative estimate of drug-likeness (QED) is 0.716. The van der Waals surface area contributed by atoms with E-state index in [1.165, 1.54) is 52.2 Å². The molecule has 18 heavy (non-hydrogen) atoms. The van der Waals surface area contributed by atoms with Gasteiger partial charge in [0, 0.05) is 51.4 Å². The van der Waals surface area contributed by atoms with Gasteiger partial charge in [0.25, 0.3) is 0 Å². The number of hydrogen-bond donors (Lipinski definition) is 0. The van der Waals surface area contributed by atoms with Crippen molar-refractivity contribution in [1.82, 2.24) is 19.6 Å². The van der Waals surface area contributed by atoms with E-state index in [0.29, 0.717) is 6.04 Å². The Hall–Kier alpha value is -0.160. The van der Waals surface area contributed by atoms with E-state index < -0.39 is 0 Å². The third kappa shape index (κ3) is 3.67. The van der Waals surface area contributed by atoms with E-state index in [2.05, 4.69) is 47.7 Å². The summed E-state index contributed by atoms with van der Waals surface area (Å²) in [4.78, 5) is 10.1. The standard InChI is InChI=1S/C14H30N4/c1-13-11-18(10-9-16(13)3)6-5-14-12-15(2)7-8-17(14)4/h13-14H,5-12H2,1-4H3/t13-,14+/m1/s1. The molecule has 0 radical (unpaired) electrons. The molecule has 0 aromatic carbocycles. The van der Waals surface area contributed by atoms with Crippen molar-refractivity contribution in [3.05, 3.63) is 0 Å². The van der Waals surface area contributed by atoms with Crippen LogP contribution in [0.3, 0.4) is 0 Å². The monoisotopic (exact) mass is 254 g/mol. The molecule has 0 N–H and O–H groups in total. The fraction of sp³-hybridized carbons (Fsp3) is 1.00. The largest absolute Gasteiger partial charge is 0.304 e. The van der Waals surface area contributed by atoms with Gasteiger partial charge in [-0.2, -0.15) is 0 Å². The zero-order chi connectivity index (χ0) is 13.1. The zero-order valence-corrected chi connectivity index (χ0v) is 12.6. The fourth-order valence-electron chi connectivity index (χ4n) is 3.07. The Morgan fingerprint density at radius 2 is 1.61 bits per heavy atom. The molecule has 0 aromatic rings. The summed E-state index contributed by atoms with van der Waals surface area (Å²) in [6.07, 6.45) is 1.32. The highest BCUT2D eigenvalue weighted by atomic mass is 15.3. The lowest BCUT2D eigenvalue weighted by Gasteiger charge is -2.41. The minimum Gasteiger partial charge on any atom is -0.304 e. The van der Waals surface area contributed by atoms with Crippen molar-refractivity contribution in [2.24, 2.45) is 0 Å². The Labute approximate surface area is 113 Å². The second kappa shape index (κ2) is 6.33. The van der Waals surface area contributed by atoms with Crippen molar-refractivity contribution in [1.29, 1.82) is 0 Å². The molecule has 2 fully saturated rings. The Bertz CT molecular complexity index is 258. The fourth-order valence-corrected chi connectivity index (χ4v) is 3.07. The second-order valence-corrected chi connectivity index (χ2v) is 6.32. The zero-order valence-electron chi connectivity index (χ0n) is 12.6. The van der Waals surface area contributed by atoms with E-state index in [1.54, 1.807) is 0 Å². The first kappa shape index (κ1) is 14.3. The molecule has 2 aliphatic rings. The highest BCUT2D eigenvalue weighted by molar-refractivity contribution is 4.82. The maximum absolute atomic E-state index is 2.65. The minimum atomic E-state index is 0.713. The molecule has 4 nitrogen and oxygen atoms in total. The smallest absolute Gasteiger partial charge is 0.0232 e. The van der Waals surface area contributed by atoms with Gasteiger partial charge in [0.1, 0.15) is 0 Å². The van der Waals surface area contributed by atoms with Crippen molar-refractivity contribution < 1.29 is 0 Å². The summed E-state index contributed by atoms with van der Waals surface area (Å²) in [6.45, 7) is 11.0. The molecular formula is C14H30N4. The maximum Gasteiger partial charge on any atom is 0.0232 e. The van der Waals surface area contributed by atoms with Crippen LogP contribution in [0.15, 0.2) is 0 Å². The van der Waals surface area contributed by atoms with Gasteiger partial charge in [0.2, 0.25) is 0 Å². The van der Waals surface area contributed by atoms with Crippen LogP contribution in [-0.2, 0) is 0 Å². The Morgan fingerprint density at radius 3 is 2.33 bits per heavy atom. The lowest BCUT2D eigenvalue weighted by Crippen LogP contribution is -2.53. The lowest BCUT2D eigenvalue weighted by atomic mass is 10.1. The van der Waals surface area contributed by atoms with Gasteiger partial charge < -0.3 is 19.6 Å². The van der Waals surface area contributed by atoms with Crippen molar-refractivity contribution in [2.45, 2.75) is 25.4 Å². The average molecular weight is 254 g/mol. The van der Waals surface area contributed by atoms with Gasteiger partial charge in [-0.25, -0.2) is 0 Å². The van der Waals surface area contributed by atoms with Gasteiger partial charge in [-0.05, 0) is 41.0 Å². The molecule has 2 aliphatic heterocycles. The summed E-state index contributed by atoms with van der Waals surface area (Å²) in [5.41, 5.74) is 0. The summed E-state index contributed by atoms with van der Waals surface area (Å²) in [7, 11) is 6.77. The summed E-state index contributed by atoms with van der Waals surface area (Å²) in [6, 6.07) is 1.46. The summed E-state index contributed by atoms with van der Waals surface area (Å²) in [5, 5.41) is 0. The number of likely N-dealkylation sites (N-methyl/N-ethyl adjacent to an activating group) is 3. The Morgan fingerprint density at radius 1 is 0.889 bits per heavy atom. The highest BCUT2D eigenvalue weighted by Crippen LogP contribution is 2.12. The van der Waals surface area contributed by atoms with Crippen LogP contribution in [0.5, 0.6) is 0 Å². The van der Waals surface area contributed by atoms with Gasteiger partial charge in [0.05, 0.1) is 0 Å². The second-order valence-electron chi connectivity index (χ2n) is 6.32. The Kier molecular flexibility index (Phi) is 5.01. The molecular weight excluding hydrogens is 224 g/mol. The molecule has 0 amide bonds. The molecule has 4 heteroatoms. The van der Waals surface area contributed by atoms with Crippen molar-refractivity contribution >= 4 is 0 Å². The van der Waals surface area contributed by atoms with E-state index in [-0.39, 0.29) is 0 Å². The molecule has 0 aromatic heterocycles. The van der Waals surface area contributed by atoms with Gasteiger partial charge in [-0.3, -0.25) is 0 Å². The predicted octanol–water partition coefficient (Wildman–Crippen LogP) is 0.258. The molecule has 2 heterocycles. The predicted molar refractivity (Wildman–Crippen MR) is 77.1 cm³/mol. The normalized spacial score (nSPS) is 34.0. The van der Waals surface area contributed by atoms with E-state index in [1.807, 2.05) is 0 Å². The van der Waals surface area contributed by atoms with Crippen molar-refractivity contribution in [3.8, 4) is 0 Å². The minimum absolute atomic E-state index is 0.713. The topological polar surface area (TPSA) is 13.0 Å². The van der Waals surface area contributed by atoms with Crippen LogP contribution in [0.4, 0.5) is 0 Å². The first-order chi connectivity index (χ1) is 8.56. The van der Waals surface area contributed by atoms with Crippen LogP contribution in [0.25, 0.3) is 0 Å². The molecule has 0 saturated carbocycles. The summed E-state index contributed by atoms with van der Waals surface area (Å²) in [5.74, 6) is 0. The van der Waals surface area contributed by atoms with Crippen LogP contribution in [0.2, 0.25) is 0 Å². The van der Waals surface area contributed by atoms with Crippen LogP contribution in [-0.4, -0.2) is 98.6 Å². The van der Waals surface area contributed by atoms with Gasteiger partial charge in [0.15, 0.2) is 0 Å². The highest BCUT2D eigenvalue weighted by Gasteiger charge is 2.25. The average Bonchev–Trinajstić information content (AvgIpc) is 2.34. The third-order valence-corrected chi connectivity index (χ3v) is 4.80. The number of piperazine rings is 2. The van der Waals surface area contributed by atoms with Gasteiger partial charge >= 0.3 is 0 Å². The number of nitrogens with zero attached hydrogens (tertiary/aromatic N) is 4. The molecule has 106 valence electrons. The number of rotatable bonds is 3. The van der Waals surface area contributed by atoms with Gasteiger partial charge in [-0.15, -0.1) is 0 Å². The van der Waals surface area contributed by atoms with Crippen LogP contribution in [0.1, 0.15) is 13.3 Å². The van der Waals surface area contributed by atoms with E-state index in [0.717, 1.165) is 6.04 Å². The third-order valence-electron chi connectivity index (χ3n) is 4.80. The van der Waals surface area contributed by atoms with Crippen molar-refractivity contribution in [2.75, 3.05) is 67.0 Å². The molecule has 0 unspecified atom stereocenters. The van der Waals surface area contributed by atoms with E-state index >= 15 is 0 Å². The molecule has 2 rings (SSSR count). The van der Waals surface area contributed by atoms with Crippen LogP contribution < -0.4 is 0 Å². The Balaban J connectivity index is 1.74. The lowest BCUT2D eigenvalue weighted by molar-refractivity contribution is 0.0737. The van der Waals surface area contributed by atoms with Crippen LogP contribution >= 0.6 is 0 Å². The summed E-state index contributed by atoms with van der Waals surface area (Å²) >= 11 is 0. The summed E-state index contributed by atoms with van der Waals surface area (Å²) < 4.78 is 0. The van der Waals surface area contributed by atoms with E-state index in [4.69, 9.17) is 0 Å². The first-order valence-corrected chi connectivity index (χ1v) is 7.37. The number of hydrogen-bond acceptors (Lipinski definition) is 4. The molecule has 0 aliphatic carbocycles. The molecule has 0 bridgehead atoms. The maximum atomic E-state index is 2.65. The van der Waals surface area contributed by atoms with Gasteiger partial charge in [-0.1, -0.05) is 0 Å². The SMILES string of the molecule is C[C@@H]1CN(CC[C@H]2CN(C)CCN2C)CCN1C. The van der Waals surface area contributed by atoms with Crippen LogP contribution in [0, 0.1) is 0 Å². The molecule has 0 spiro atoms. The van der Waals surface area contributed by atoms with E-state index in [9.17, 15) is 0 Å². The molecule has 2 atom stereocenters.